The van der Waals surface area contributed by atoms with Gasteiger partial charge in [0, 0.05) is 38.7 Å². The van der Waals surface area contributed by atoms with E-state index < -0.39 is 29.2 Å². The van der Waals surface area contributed by atoms with E-state index in [9.17, 15) is 19.8 Å². The summed E-state index contributed by atoms with van der Waals surface area (Å²) in [5, 5.41) is 20.9. The molecule has 1 aliphatic rings. The molecular formula is C14H23N3O6. The van der Waals surface area contributed by atoms with Gasteiger partial charge < -0.3 is 14.9 Å². The van der Waals surface area contributed by atoms with Gasteiger partial charge in [0.05, 0.1) is 19.3 Å². The molecule has 1 aliphatic heterocycles. The highest BCUT2D eigenvalue weighted by atomic mass is 16.7. The van der Waals surface area contributed by atoms with Crippen LogP contribution in [0, 0.1) is 6.92 Å². The smallest absolute Gasteiger partial charge is 0.330 e. The van der Waals surface area contributed by atoms with Gasteiger partial charge in [0.25, 0.3) is 5.56 Å². The lowest BCUT2D eigenvalue weighted by molar-refractivity contribution is -0.168. The first kappa shape index (κ1) is 17.8. The number of rotatable bonds is 6. The summed E-state index contributed by atoms with van der Waals surface area (Å²) in [5.41, 5.74) is -1.93. The third-order valence-electron chi connectivity index (χ3n) is 3.91. The standard InChI is InChI=1S/C14H23N3O6/c1-9-7-17(13(21)15-12(9)20)14(4-5-22-16(2)3)6-10(19)11(8-18)23-14/h7,10-11,18-19H,4-6,8H2,1-3H3,(H,15,20,21)/t10-,11+,14+/m0/s1. The number of hydrogen-bond donors (Lipinski definition) is 3. The molecule has 0 aliphatic carbocycles. The van der Waals surface area contributed by atoms with Crippen molar-refractivity contribution in [3.8, 4) is 0 Å². The zero-order chi connectivity index (χ0) is 17.2. The minimum Gasteiger partial charge on any atom is -0.394 e. The van der Waals surface area contributed by atoms with Crippen LogP contribution in [0.3, 0.4) is 0 Å². The number of nitrogens with zero attached hydrogens (tertiary/aromatic N) is 2. The summed E-state index contributed by atoms with van der Waals surface area (Å²) in [6.45, 7) is 1.45. The van der Waals surface area contributed by atoms with E-state index in [0.717, 1.165) is 0 Å². The van der Waals surface area contributed by atoms with E-state index in [4.69, 9.17) is 9.57 Å². The molecule has 9 heteroatoms. The molecule has 3 atom stereocenters. The Labute approximate surface area is 133 Å². The number of aromatic nitrogens is 2. The van der Waals surface area contributed by atoms with Crippen molar-refractivity contribution in [2.24, 2.45) is 0 Å². The monoisotopic (exact) mass is 329 g/mol. The van der Waals surface area contributed by atoms with E-state index in [0.29, 0.717) is 5.56 Å². The van der Waals surface area contributed by atoms with Gasteiger partial charge in [0.15, 0.2) is 5.72 Å². The van der Waals surface area contributed by atoms with Crippen molar-refractivity contribution in [2.75, 3.05) is 27.3 Å². The lowest BCUT2D eigenvalue weighted by Crippen LogP contribution is -2.45. The van der Waals surface area contributed by atoms with Gasteiger partial charge in [-0.3, -0.25) is 19.2 Å². The summed E-state index contributed by atoms with van der Waals surface area (Å²) in [6, 6.07) is 0. The molecule has 0 spiro atoms. The van der Waals surface area contributed by atoms with Crippen LogP contribution in [0.15, 0.2) is 15.8 Å². The second-order valence-electron chi connectivity index (χ2n) is 5.89. The normalized spacial score (nSPS) is 27.7. The Morgan fingerprint density at radius 1 is 1.52 bits per heavy atom. The van der Waals surface area contributed by atoms with Gasteiger partial charge in [-0.2, -0.15) is 5.06 Å². The van der Waals surface area contributed by atoms with Gasteiger partial charge in [-0.1, -0.05) is 0 Å². The molecule has 9 nitrogen and oxygen atoms in total. The first-order valence-electron chi connectivity index (χ1n) is 7.39. The molecule has 0 radical (unpaired) electrons. The van der Waals surface area contributed by atoms with E-state index in [-0.39, 0.29) is 26.1 Å². The fourth-order valence-electron chi connectivity index (χ4n) is 2.72. The van der Waals surface area contributed by atoms with Gasteiger partial charge in [0.1, 0.15) is 6.10 Å². The Kier molecular flexibility index (Phi) is 5.37. The third kappa shape index (κ3) is 3.70. The molecule has 130 valence electrons. The van der Waals surface area contributed by atoms with E-state index in [1.165, 1.54) is 15.8 Å². The van der Waals surface area contributed by atoms with E-state index in [1.54, 1.807) is 21.0 Å². The molecule has 1 aromatic rings. The van der Waals surface area contributed by atoms with Crippen molar-refractivity contribution in [3.05, 3.63) is 32.6 Å². The van der Waals surface area contributed by atoms with Crippen LogP contribution in [0.1, 0.15) is 18.4 Å². The zero-order valence-electron chi connectivity index (χ0n) is 13.5. The number of aliphatic hydroxyl groups is 2. The predicted molar refractivity (Wildman–Crippen MR) is 80.9 cm³/mol. The fourth-order valence-corrected chi connectivity index (χ4v) is 2.72. The molecule has 2 rings (SSSR count). The molecule has 0 bridgehead atoms. The van der Waals surface area contributed by atoms with Gasteiger partial charge in [0.2, 0.25) is 0 Å². The second kappa shape index (κ2) is 6.93. The number of hydroxylamine groups is 2. The quantitative estimate of drug-likeness (QED) is 0.545. The van der Waals surface area contributed by atoms with E-state index in [1.807, 2.05) is 0 Å². The summed E-state index contributed by atoms with van der Waals surface area (Å²) in [5.74, 6) is 0. The third-order valence-corrected chi connectivity index (χ3v) is 3.91. The molecule has 0 saturated carbocycles. The van der Waals surface area contributed by atoms with Crippen molar-refractivity contribution in [1.29, 1.82) is 0 Å². The Morgan fingerprint density at radius 3 is 2.78 bits per heavy atom. The average Bonchev–Trinajstić information content (AvgIpc) is 2.79. The Bertz CT molecular complexity index is 655. The summed E-state index contributed by atoms with van der Waals surface area (Å²) in [6.07, 6.45) is 0.0698. The topological polar surface area (TPSA) is 117 Å². The number of aryl methyl sites for hydroxylation is 1. The lowest BCUT2D eigenvalue weighted by atomic mass is 10.0. The van der Waals surface area contributed by atoms with Crippen LogP contribution in [0.2, 0.25) is 0 Å². The maximum Gasteiger partial charge on any atom is 0.330 e. The highest BCUT2D eigenvalue weighted by Crippen LogP contribution is 2.37. The molecule has 0 unspecified atom stereocenters. The highest BCUT2D eigenvalue weighted by molar-refractivity contribution is 5.04. The van der Waals surface area contributed by atoms with Crippen molar-refractivity contribution < 1.29 is 19.8 Å². The Morgan fingerprint density at radius 2 is 2.22 bits per heavy atom. The molecule has 0 aromatic carbocycles. The molecule has 2 heterocycles. The maximum absolute atomic E-state index is 12.2. The fraction of sp³-hybridized carbons (Fsp3) is 0.714. The molecule has 1 aromatic heterocycles. The Balaban J connectivity index is 2.40. The molecule has 1 fully saturated rings. The molecular weight excluding hydrogens is 306 g/mol. The van der Waals surface area contributed by atoms with Gasteiger partial charge >= 0.3 is 5.69 Å². The summed E-state index contributed by atoms with van der Waals surface area (Å²) in [7, 11) is 3.45. The van der Waals surface area contributed by atoms with Crippen LogP contribution in [-0.2, 0) is 15.3 Å². The zero-order valence-corrected chi connectivity index (χ0v) is 13.5. The van der Waals surface area contributed by atoms with E-state index in [2.05, 4.69) is 4.98 Å². The SMILES string of the molecule is Cc1cn([C@@]2(CCON(C)C)C[C@H](O)[C@@H](CO)O2)c(=O)[nH]c1=O. The van der Waals surface area contributed by atoms with Crippen LogP contribution in [0.5, 0.6) is 0 Å². The van der Waals surface area contributed by atoms with Crippen molar-refractivity contribution >= 4 is 0 Å². The second-order valence-corrected chi connectivity index (χ2v) is 5.89. The molecule has 3 N–H and O–H groups in total. The number of nitrogens with one attached hydrogen (secondary N) is 1. The number of aromatic amines is 1. The molecule has 23 heavy (non-hydrogen) atoms. The predicted octanol–water partition coefficient (Wildman–Crippen LogP) is -1.48. The van der Waals surface area contributed by atoms with Crippen LogP contribution >= 0.6 is 0 Å². The summed E-state index contributed by atoms with van der Waals surface area (Å²) < 4.78 is 7.06. The summed E-state index contributed by atoms with van der Waals surface area (Å²) >= 11 is 0. The largest absolute Gasteiger partial charge is 0.394 e. The van der Waals surface area contributed by atoms with Gasteiger partial charge in [-0.25, -0.2) is 4.79 Å². The lowest BCUT2D eigenvalue weighted by Gasteiger charge is -2.31. The van der Waals surface area contributed by atoms with Crippen LogP contribution in [-0.4, -0.2) is 64.3 Å². The number of ether oxygens (including phenoxy) is 1. The first-order valence-corrected chi connectivity index (χ1v) is 7.39. The van der Waals surface area contributed by atoms with Crippen LogP contribution < -0.4 is 11.2 Å². The number of H-pyrrole nitrogens is 1. The van der Waals surface area contributed by atoms with Crippen LogP contribution in [0.4, 0.5) is 0 Å². The van der Waals surface area contributed by atoms with Crippen molar-refractivity contribution in [3.63, 3.8) is 0 Å². The van der Waals surface area contributed by atoms with Crippen molar-refractivity contribution in [2.45, 2.75) is 37.7 Å². The minimum absolute atomic E-state index is 0.112. The van der Waals surface area contributed by atoms with E-state index >= 15 is 0 Å². The van der Waals surface area contributed by atoms with Gasteiger partial charge in [-0.05, 0) is 6.92 Å². The molecule has 1 saturated heterocycles. The summed E-state index contributed by atoms with van der Waals surface area (Å²) in [4.78, 5) is 31.4. The van der Waals surface area contributed by atoms with Crippen LogP contribution in [0.25, 0.3) is 0 Å². The maximum atomic E-state index is 12.2. The number of aliphatic hydroxyl groups excluding tert-OH is 2. The minimum atomic E-state index is -1.19. The Hall–Kier alpha value is -1.52. The van der Waals surface area contributed by atoms with Crippen molar-refractivity contribution in [1.82, 2.24) is 14.6 Å². The molecule has 0 amide bonds. The van der Waals surface area contributed by atoms with Gasteiger partial charge in [-0.15, -0.1) is 0 Å². The average molecular weight is 329 g/mol. The first-order chi connectivity index (χ1) is 10.8. The number of hydrogen-bond acceptors (Lipinski definition) is 7. The highest BCUT2D eigenvalue weighted by Gasteiger charge is 2.47.